The Morgan fingerprint density at radius 1 is 1.11 bits per heavy atom. The molecule has 1 aromatic rings. The van der Waals surface area contributed by atoms with E-state index in [1.165, 1.54) is 12.1 Å². The van der Waals surface area contributed by atoms with E-state index in [4.69, 9.17) is 10.5 Å². The lowest BCUT2D eigenvalue weighted by atomic mass is 9.89. The molecular weight excluding hydrogens is 255 g/mol. The normalized spacial score (nSPS) is 14.3. The molecule has 0 fully saturated rings. The summed E-state index contributed by atoms with van der Waals surface area (Å²) in [5, 5.41) is 0. The highest BCUT2D eigenvalue weighted by atomic mass is 19.4. The highest BCUT2D eigenvalue weighted by molar-refractivity contribution is 5.28. The van der Waals surface area contributed by atoms with Crippen LogP contribution in [0, 0.1) is 5.41 Å². The summed E-state index contributed by atoms with van der Waals surface area (Å²) in [5.41, 5.74) is 5.32. The van der Waals surface area contributed by atoms with Crippen LogP contribution in [0.15, 0.2) is 24.3 Å². The third-order valence-corrected chi connectivity index (χ3v) is 2.52. The molecule has 1 aromatic carbocycles. The molecule has 2 nitrogen and oxygen atoms in total. The van der Waals surface area contributed by atoms with Gasteiger partial charge in [-0.05, 0) is 36.1 Å². The van der Waals surface area contributed by atoms with Crippen LogP contribution in [-0.4, -0.2) is 12.6 Å². The molecule has 0 saturated heterocycles. The second-order valence-corrected chi connectivity index (χ2v) is 5.86. The Hall–Kier alpha value is -1.23. The van der Waals surface area contributed by atoms with E-state index >= 15 is 0 Å². The molecule has 0 aliphatic heterocycles. The van der Waals surface area contributed by atoms with Gasteiger partial charge in [-0.3, -0.25) is 0 Å². The molecule has 0 aliphatic carbocycles. The Labute approximate surface area is 111 Å². The fourth-order valence-electron chi connectivity index (χ4n) is 1.79. The maximum Gasteiger partial charge on any atom is 0.416 e. The van der Waals surface area contributed by atoms with Gasteiger partial charge in [-0.2, -0.15) is 13.2 Å². The quantitative estimate of drug-likeness (QED) is 0.906. The van der Waals surface area contributed by atoms with Crippen LogP contribution in [0.2, 0.25) is 0 Å². The van der Waals surface area contributed by atoms with Gasteiger partial charge in [-0.1, -0.05) is 20.8 Å². The standard InChI is InChI=1S/C14H20F3NO/c1-13(2,3)8-11(18)9-19-12-6-4-10(5-7-12)14(15,16)17/h4-7,11H,8-9,18H2,1-3H3. The van der Waals surface area contributed by atoms with Crippen LogP contribution in [0.25, 0.3) is 0 Å². The van der Waals surface area contributed by atoms with Crippen molar-refractivity contribution in [2.75, 3.05) is 6.61 Å². The number of halogens is 3. The number of benzene rings is 1. The van der Waals surface area contributed by atoms with E-state index in [-0.39, 0.29) is 11.5 Å². The summed E-state index contributed by atoms with van der Waals surface area (Å²) in [7, 11) is 0. The number of rotatable bonds is 4. The number of hydrogen-bond acceptors (Lipinski definition) is 2. The van der Waals surface area contributed by atoms with Crippen molar-refractivity contribution in [3.8, 4) is 5.75 Å². The minimum atomic E-state index is -4.32. The Morgan fingerprint density at radius 2 is 1.63 bits per heavy atom. The first-order chi connectivity index (χ1) is 8.58. The maximum atomic E-state index is 12.4. The Balaban J connectivity index is 2.51. The molecule has 1 rings (SSSR count). The summed E-state index contributed by atoms with van der Waals surface area (Å²) in [4.78, 5) is 0. The third-order valence-electron chi connectivity index (χ3n) is 2.52. The van der Waals surface area contributed by atoms with Crippen molar-refractivity contribution in [2.24, 2.45) is 11.1 Å². The van der Waals surface area contributed by atoms with E-state index in [9.17, 15) is 13.2 Å². The molecule has 0 amide bonds. The second kappa shape index (κ2) is 5.82. The number of alkyl halides is 3. The molecule has 0 saturated carbocycles. The van der Waals surface area contributed by atoms with Crippen molar-refractivity contribution in [1.29, 1.82) is 0 Å². The van der Waals surface area contributed by atoms with Crippen LogP contribution in [0.4, 0.5) is 13.2 Å². The summed E-state index contributed by atoms with van der Waals surface area (Å²) < 4.78 is 42.5. The molecule has 2 N–H and O–H groups in total. The van der Waals surface area contributed by atoms with Crippen molar-refractivity contribution in [3.63, 3.8) is 0 Å². The van der Waals surface area contributed by atoms with E-state index in [2.05, 4.69) is 20.8 Å². The van der Waals surface area contributed by atoms with Crippen LogP contribution in [0.1, 0.15) is 32.8 Å². The SMILES string of the molecule is CC(C)(C)CC(N)COc1ccc(C(F)(F)F)cc1. The predicted octanol–water partition coefficient (Wildman–Crippen LogP) is 3.85. The summed E-state index contributed by atoms with van der Waals surface area (Å²) in [5.74, 6) is 0.400. The zero-order valence-corrected chi connectivity index (χ0v) is 11.4. The molecule has 0 radical (unpaired) electrons. The molecule has 0 bridgehead atoms. The maximum absolute atomic E-state index is 12.4. The topological polar surface area (TPSA) is 35.2 Å². The summed E-state index contributed by atoms with van der Waals surface area (Å²) in [6.07, 6.45) is -3.53. The van der Waals surface area contributed by atoms with Crippen molar-refractivity contribution in [2.45, 2.75) is 39.4 Å². The third kappa shape index (κ3) is 5.96. The minimum Gasteiger partial charge on any atom is -0.492 e. The average Bonchev–Trinajstić information content (AvgIpc) is 2.23. The van der Waals surface area contributed by atoms with E-state index in [0.29, 0.717) is 12.4 Å². The van der Waals surface area contributed by atoms with Crippen LogP contribution >= 0.6 is 0 Å². The first kappa shape index (κ1) is 15.8. The highest BCUT2D eigenvalue weighted by Crippen LogP contribution is 2.30. The summed E-state index contributed by atoms with van der Waals surface area (Å²) in [6, 6.07) is 4.50. The van der Waals surface area contributed by atoms with Crippen molar-refractivity contribution in [3.05, 3.63) is 29.8 Å². The molecule has 1 unspecified atom stereocenters. The zero-order valence-electron chi connectivity index (χ0n) is 11.4. The average molecular weight is 275 g/mol. The van der Waals surface area contributed by atoms with Crippen LogP contribution in [-0.2, 0) is 6.18 Å². The summed E-state index contributed by atoms with van der Waals surface area (Å²) >= 11 is 0. The second-order valence-electron chi connectivity index (χ2n) is 5.86. The van der Waals surface area contributed by atoms with Gasteiger partial charge in [0.2, 0.25) is 0 Å². The van der Waals surface area contributed by atoms with Gasteiger partial charge in [-0.15, -0.1) is 0 Å². The fourth-order valence-corrected chi connectivity index (χ4v) is 1.79. The monoisotopic (exact) mass is 275 g/mol. The molecular formula is C14H20F3NO. The van der Waals surface area contributed by atoms with E-state index in [1.807, 2.05) is 0 Å². The van der Waals surface area contributed by atoms with E-state index in [1.54, 1.807) is 0 Å². The van der Waals surface area contributed by atoms with Gasteiger partial charge < -0.3 is 10.5 Å². The molecule has 1 atom stereocenters. The van der Waals surface area contributed by atoms with Gasteiger partial charge in [0.1, 0.15) is 12.4 Å². The number of ether oxygens (including phenoxy) is 1. The summed E-state index contributed by atoms with van der Waals surface area (Å²) in [6.45, 7) is 6.52. The van der Waals surface area contributed by atoms with Crippen LogP contribution in [0.5, 0.6) is 5.75 Å². The lowest BCUT2D eigenvalue weighted by Gasteiger charge is -2.23. The van der Waals surface area contributed by atoms with Crippen molar-refractivity contribution >= 4 is 0 Å². The lowest BCUT2D eigenvalue weighted by molar-refractivity contribution is -0.137. The Kier molecular flexibility index (Phi) is 4.85. The Bertz CT molecular complexity index is 393. The first-order valence-corrected chi connectivity index (χ1v) is 6.13. The van der Waals surface area contributed by atoms with Crippen molar-refractivity contribution in [1.82, 2.24) is 0 Å². The van der Waals surface area contributed by atoms with E-state index in [0.717, 1.165) is 18.6 Å². The minimum absolute atomic E-state index is 0.100. The Morgan fingerprint density at radius 3 is 2.05 bits per heavy atom. The van der Waals surface area contributed by atoms with E-state index < -0.39 is 11.7 Å². The van der Waals surface area contributed by atoms with Gasteiger partial charge in [0.25, 0.3) is 0 Å². The largest absolute Gasteiger partial charge is 0.492 e. The van der Waals surface area contributed by atoms with Crippen LogP contribution < -0.4 is 10.5 Å². The predicted molar refractivity (Wildman–Crippen MR) is 69.0 cm³/mol. The van der Waals surface area contributed by atoms with Crippen LogP contribution in [0.3, 0.4) is 0 Å². The van der Waals surface area contributed by atoms with Gasteiger partial charge in [0, 0.05) is 6.04 Å². The molecule has 108 valence electrons. The number of hydrogen-bond donors (Lipinski definition) is 1. The van der Waals surface area contributed by atoms with Gasteiger partial charge in [-0.25, -0.2) is 0 Å². The van der Waals surface area contributed by atoms with Gasteiger partial charge in [0.05, 0.1) is 5.56 Å². The molecule has 19 heavy (non-hydrogen) atoms. The smallest absolute Gasteiger partial charge is 0.416 e. The molecule has 0 spiro atoms. The highest BCUT2D eigenvalue weighted by Gasteiger charge is 2.30. The molecule has 0 aliphatic rings. The fraction of sp³-hybridized carbons (Fsp3) is 0.571. The first-order valence-electron chi connectivity index (χ1n) is 6.13. The molecule has 0 aromatic heterocycles. The van der Waals surface area contributed by atoms with Gasteiger partial charge >= 0.3 is 6.18 Å². The zero-order chi connectivity index (χ0) is 14.7. The lowest BCUT2D eigenvalue weighted by Crippen LogP contribution is -2.32. The molecule has 5 heteroatoms. The van der Waals surface area contributed by atoms with Gasteiger partial charge in [0.15, 0.2) is 0 Å². The van der Waals surface area contributed by atoms with Crippen molar-refractivity contribution < 1.29 is 17.9 Å². The molecule has 0 heterocycles. The number of nitrogens with two attached hydrogens (primary N) is 1.